The van der Waals surface area contributed by atoms with E-state index in [2.05, 4.69) is 56.8 Å². The first kappa shape index (κ1) is 20.6. The number of aromatic nitrogens is 4. The van der Waals surface area contributed by atoms with Gasteiger partial charge in [-0.1, -0.05) is 5.16 Å². The molecular formula is C18H11BrFN7O3S. The number of oxime groups is 1. The van der Waals surface area contributed by atoms with Gasteiger partial charge in [-0.2, -0.15) is 5.48 Å². The smallest absolute Gasteiger partial charge is 0.276 e. The van der Waals surface area contributed by atoms with E-state index in [9.17, 15) is 9.18 Å². The van der Waals surface area contributed by atoms with Crippen LogP contribution < -0.4 is 10.8 Å². The number of nitrogens with zero attached hydrogens (tertiary/aromatic N) is 5. The first-order chi connectivity index (χ1) is 15.1. The Kier molecular flexibility index (Phi) is 6.24. The van der Waals surface area contributed by atoms with E-state index in [1.165, 1.54) is 35.8 Å². The number of amides is 1. The zero-order valence-electron chi connectivity index (χ0n) is 15.3. The zero-order chi connectivity index (χ0) is 21.6. The predicted octanol–water partition coefficient (Wildman–Crippen LogP) is 4.12. The molecule has 1 aromatic carbocycles. The molecule has 13 heteroatoms. The number of rotatable bonds is 7. The summed E-state index contributed by atoms with van der Waals surface area (Å²) in [7, 11) is 0. The fraction of sp³-hybridized carbons (Fsp3) is 0. The van der Waals surface area contributed by atoms with Crippen molar-refractivity contribution in [1.29, 1.82) is 0 Å². The standard InChI is InChI=1S/C18H11BrFN7O3S/c19-12-7-11(1-2-13(12)20)25-29-22-8-14-16(27-30-26-14)24-17(28)15-9-31-18(23-15)10-3-5-21-6-4-10/h1-9,25H,(H,24,27,28)/b22-8+. The van der Waals surface area contributed by atoms with E-state index in [1.54, 1.807) is 29.9 Å². The van der Waals surface area contributed by atoms with Crippen molar-refractivity contribution in [3.8, 4) is 10.6 Å². The van der Waals surface area contributed by atoms with Gasteiger partial charge in [0.25, 0.3) is 5.91 Å². The SMILES string of the molecule is O=C(Nc1nonc1/C=N/ONc1ccc(F)c(Br)c1)c1csc(-c2ccncc2)n1. The lowest BCUT2D eigenvalue weighted by molar-refractivity contribution is 0.102. The van der Waals surface area contributed by atoms with Crippen LogP contribution in [0.2, 0.25) is 0 Å². The first-order valence-corrected chi connectivity index (χ1v) is 10.2. The van der Waals surface area contributed by atoms with Crippen LogP contribution in [-0.4, -0.2) is 32.4 Å². The van der Waals surface area contributed by atoms with E-state index >= 15 is 0 Å². The molecule has 4 rings (SSSR count). The van der Waals surface area contributed by atoms with Crippen molar-refractivity contribution in [3.63, 3.8) is 0 Å². The molecule has 0 saturated carbocycles. The number of hydrogen-bond donors (Lipinski definition) is 2. The maximum absolute atomic E-state index is 13.2. The van der Waals surface area contributed by atoms with E-state index in [0.717, 1.165) is 5.56 Å². The largest absolute Gasteiger partial charge is 0.300 e. The number of carbonyl (C=O) groups is 1. The molecule has 31 heavy (non-hydrogen) atoms. The Hall–Kier alpha value is -3.71. The Balaban J connectivity index is 1.37. The number of anilines is 2. The number of pyridine rings is 1. The summed E-state index contributed by atoms with van der Waals surface area (Å²) in [5.41, 5.74) is 4.16. The molecular weight excluding hydrogens is 493 g/mol. The molecule has 3 heterocycles. The molecule has 0 aliphatic heterocycles. The molecule has 156 valence electrons. The summed E-state index contributed by atoms with van der Waals surface area (Å²) in [6.07, 6.45) is 4.48. The second kappa shape index (κ2) is 9.40. The van der Waals surface area contributed by atoms with Crippen LogP contribution >= 0.6 is 27.3 Å². The lowest BCUT2D eigenvalue weighted by atomic mass is 10.3. The molecule has 1 amide bonds. The van der Waals surface area contributed by atoms with Crippen LogP contribution in [0.3, 0.4) is 0 Å². The monoisotopic (exact) mass is 503 g/mol. The number of benzene rings is 1. The summed E-state index contributed by atoms with van der Waals surface area (Å²) in [4.78, 5) is 25.7. The highest BCUT2D eigenvalue weighted by molar-refractivity contribution is 9.10. The summed E-state index contributed by atoms with van der Waals surface area (Å²) in [6, 6.07) is 7.80. The number of hydrogen-bond acceptors (Lipinski definition) is 10. The molecule has 0 spiro atoms. The number of thiazole rings is 1. The first-order valence-electron chi connectivity index (χ1n) is 8.50. The molecule has 0 bridgehead atoms. The highest BCUT2D eigenvalue weighted by Gasteiger charge is 2.16. The summed E-state index contributed by atoms with van der Waals surface area (Å²) >= 11 is 4.39. The summed E-state index contributed by atoms with van der Waals surface area (Å²) in [5, 5.41) is 15.8. The van der Waals surface area contributed by atoms with Crippen molar-refractivity contribution in [3.05, 3.63) is 69.8 Å². The molecule has 0 atom stereocenters. The molecule has 2 N–H and O–H groups in total. The van der Waals surface area contributed by atoms with Crippen molar-refractivity contribution in [2.45, 2.75) is 0 Å². The number of halogens is 2. The third-order valence-corrected chi connectivity index (χ3v) is 5.22. The van der Waals surface area contributed by atoms with Crippen LogP contribution in [0.25, 0.3) is 10.6 Å². The maximum Gasteiger partial charge on any atom is 0.276 e. The van der Waals surface area contributed by atoms with Gasteiger partial charge in [0, 0.05) is 23.3 Å². The van der Waals surface area contributed by atoms with Gasteiger partial charge in [-0.3, -0.25) is 14.7 Å². The van der Waals surface area contributed by atoms with Crippen LogP contribution in [-0.2, 0) is 4.94 Å². The van der Waals surface area contributed by atoms with Crippen molar-refractivity contribution >= 4 is 50.9 Å². The molecule has 0 unspecified atom stereocenters. The molecule has 3 aromatic heterocycles. The van der Waals surface area contributed by atoms with Crippen LogP contribution in [0.15, 0.2) is 62.4 Å². The minimum absolute atomic E-state index is 0.0420. The van der Waals surface area contributed by atoms with Crippen molar-refractivity contribution in [2.24, 2.45) is 5.16 Å². The van der Waals surface area contributed by atoms with Crippen molar-refractivity contribution in [2.75, 3.05) is 10.8 Å². The third-order valence-electron chi connectivity index (χ3n) is 3.72. The van der Waals surface area contributed by atoms with Crippen LogP contribution in [0.4, 0.5) is 15.9 Å². The second-order valence-electron chi connectivity index (χ2n) is 5.78. The van der Waals surface area contributed by atoms with Gasteiger partial charge in [0.15, 0.2) is 5.69 Å². The minimum atomic E-state index is -0.489. The molecule has 0 fully saturated rings. The van der Waals surface area contributed by atoms with Crippen LogP contribution in [0.1, 0.15) is 16.2 Å². The Morgan fingerprint density at radius 1 is 1.26 bits per heavy atom. The molecule has 0 aliphatic carbocycles. The van der Waals surface area contributed by atoms with E-state index in [1.807, 2.05) is 0 Å². The lowest BCUT2D eigenvalue weighted by Crippen LogP contribution is -2.14. The minimum Gasteiger partial charge on any atom is -0.300 e. The Bertz CT molecular complexity index is 1230. The van der Waals surface area contributed by atoms with E-state index in [-0.39, 0.29) is 21.7 Å². The number of carbonyl (C=O) groups excluding carboxylic acids is 1. The van der Waals surface area contributed by atoms with Gasteiger partial charge >= 0.3 is 0 Å². The predicted molar refractivity (Wildman–Crippen MR) is 114 cm³/mol. The summed E-state index contributed by atoms with van der Waals surface area (Å²) in [5.74, 6) is -0.853. The van der Waals surface area contributed by atoms with E-state index in [0.29, 0.717) is 10.7 Å². The normalized spacial score (nSPS) is 10.9. The highest BCUT2D eigenvalue weighted by atomic mass is 79.9. The quantitative estimate of drug-likeness (QED) is 0.284. The Morgan fingerprint density at radius 2 is 2.10 bits per heavy atom. The van der Waals surface area contributed by atoms with E-state index in [4.69, 9.17) is 4.94 Å². The topological polar surface area (TPSA) is 127 Å². The molecule has 0 aliphatic rings. The maximum atomic E-state index is 13.2. The molecule has 0 radical (unpaired) electrons. The van der Waals surface area contributed by atoms with Crippen molar-refractivity contribution in [1.82, 2.24) is 20.3 Å². The van der Waals surface area contributed by atoms with Gasteiger partial charge in [-0.15, -0.1) is 11.3 Å². The fourth-order valence-electron chi connectivity index (χ4n) is 2.26. The van der Waals surface area contributed by atoms with Gasteiger partial charge in [0.1, 0.15) is 22.7 Å². The summed E-state index contributed by atoms with van der Waals surface area (Å²) < 4.78 is 18.1. The highest BCUT2D eigenvalue weighted by Crippen LogP contribution is 2.23. The van der Waals surface area contributed by atoms with Gasteiger partial charge in [0.05, 0.1) is 10.2 Å². The van der Waals surface area contributed by atoms with Gasteiger partial charge in [0.2, 0.25) is 5.82 Å². The lowest BCUT2D eigenvalue weighted by Gasteiger charge is -2.03. The van der Waals surface area contributed by atoms with Gasteiger partial charge < -0.3 is 5.32 Å². The number of nitrogens with one attached hydrogen (secondary N) is 2. The average molecular weight is 504 g/mol. The van der Waals surface area contributed by atoms with Crippen LogP contribution in [0, 0.1) is 5.82 Å². The van der Waals surface area contributed by atoms with Gasteiger partial charge in [-0.25, -0.2) is 14.0 Å². The van der Waals surface area contributed by atoms with Crippen LogP contribution in [0.5, 0.6) is 0 Å². The fourth-order valence-corrected chi connectivity index (χ4v) is 3.44. The average Bonchev–Trinajstić information content (AvgIpc) is 3.44. The summed E-state index contributed by atoms with van der Waals surface area (Å²) in [6.45, 7) is 0. The Morgan fingerprint density at radius 3 is 2.90 bits per heavy atom. The van der Waals surface area contributed by atoms with E-state index < -0.39 is 11.7 Å². The van der Waals surface area contributed by atoms with Crippen molar-refractivity contribution < 1.29 is 18.8 Å². The molecule has 0 saturated heterocycles. The molecule has 10 nitrogen and oxygen atoms in total. The second-order valence-corrected chi connectivity index (χ2v) is 7.50. The zero-order valence-corrected chi connectivity index (χ0v) is 17.7. The third kappa shape index (κ3) is 5.07. The van der Waals surface area contributed by atoms with Gasteiger partial charge in [-0.05, 0) is 56.6 Å². The molecule has 4 aromatic rings. The Labute approximate surface area is 186 Å².